The normalized spacial score (nSPS) is 14.1. The van der Waals surface area contributed by atoms with Crippen molar-refractivity contribution in [3.8, 4) is 0 Å². The number of benzene rings is 2. The van der Waals surface area contributed by atoms with Gasteiger partial charge in [-0.3, -0.25) is 4.79 Å². The Balaban J connectivity index is 1.42. The fourth-order valence-corrected chi connectivity index (χ4v) is 3.27. The first kappa shape index (κ1) is 20.8. The highest BCUT2D eigenvalue weighted by atomic mass is 19.1. The molecule has 0 heterocycles. The van der Waals surface area contributed by atoms with Crippen LogP contribution in [-0.2, 0) is 12.0 Å². The Kier molecular flexibility index (Phi) is 6.86. The fourth-order valence-electron chi connectivity index (χ4n) is 3.27. The van der Waals surface area contributed by atoms with E-state index < -0.39 is 0 Å². The number of amides is 3. The molecule has 2 aromatic carbocycles. The van der Waals surface area contributed by atoms with Crippen LogP contribution in [0.15, 0.2) is 48.5 Å². The van der Waals surface area contributed by atoms with E-state index in [0.717, 1.165) is 36.8 Å². The van der Waals surface area contributed by atoms with Crippen molar-refractivity contribution in [3.63, 3.8) is 0 Å². The molecule has 3 rings (SSSR count). The summed E-state index contributed by atoms with van der Waals surface area (Å²) in [5, 5.41) is 8.64. The van der Waals surface area contributed by atoms with Crippen LogP contribution in [-0.4, -0.2) is 25.0 Å². The molecular weight excluding hydrogens is 369 g/mol. The van der Waals surface area contributed by atoms with E-state index in [-0.39, 0.29) is 23.2 Å². The van der Waals surface area contributed by atoms with E-state index in [1.807, 2.05) is 12.1 Å². The zero-order chi connectivity index (χ0) is 20.7. The van der Waals surface area contributed by atoms with E-state index in [1.54, 1.807) is 24.3 Å². The lowest BCUT2D eigenvalue weighted by molar-refractivity contribution is 0.0953. The lowest BCUT2D eigenvalue weighted by Crippen LogP contribution is -2.39. The van der Waals surface area contributed by atoms with E-state index in [1.165, 1.54) is 12.1 Å². The molecule has 0 aliphatic heterocycles. The van der Waals surface area contributed by atoms with Gasteiger partial charge >= 0.3 is 6.03 Å². The van der Waals surface area contributed by atoms with Gasteiger partial charge in [0.25, 0.3) is 5.91 Å². The summed E-state index contributed by atoms with van der Waals surface area (Å²) in [6, 6.07) is 13.5. The van der Waals surface area contributed by atoms with E-state index in [0.29, 0.717) is 25.2 Å². The summed E-state index contributed by atoms with van der Waals surface area (Å²) in [6.07, 6.45) is 3.98. The first-order valence-electron chi connectivity index (χ1n) is 10.2. The molecule has 5 nitrogen and oxygen atoms in total. The van der Waals surface area contributed by atoms with Gasteiger partial charge in [-0.25, -0.2) is 9.18 Å². The van der Waals surface area contributed by atoms with Crippen molar-refractivity contribution < 1.29 is 14.0 Å². The van der Waals surface area contributed by atoms with Crippen LogP contribution >= 0.6 is 0 Å². The quantitative estimate of drug-likeness (QED) is 0.562. The number of urea groups is 1. The van der Waals surface area contributed by atoms with Gasteiger partial charge in [-0.2, -0.15) is 0 Å². The van der Waals surface area contributed by atoms with Crippen LogP contribution < -0.4 is 16.0 Å². The summed E-state index contributed by atoms with van der Waals surface area (Å²) in [6.45, 7) is 3.67. The van der Waals surface area contributed by atoms with Crippen LogP contribution in [0, 0.1) is 5.82 Å². The molecule has 0 saturated heterocycles. The molecule has 0 spiro atoms. The molecule has 154 valence electrons. The van der Waals surface area contributed by atoms with Crippen LogP contribution in [0.3, 0.4) is 0 Å². The lowest BCUT2D eigenvalue weighted by atomic mass is 9.96. The van der Waals surface area contributed by atoms with E-state index in [2.05, 4.69) is 22.9 Å². The molecule has 3 N–H and O–H groups in total. The van der Waals surface area contributed by atoms with Crippen LogP contribution in [0.2, 0.25) is 0 Å². The second-order valence-corrected chi connectivity index (χ2v) is 7.63. The maximum absolute atomic E-state index is 13.1. The Bertz CT molecular complexity index is 830. The van der Waals surface area contributed by atoms with E-state index >= 15 is 0 Å². The Morgan fingerprint density at radius 2 is 1.66 bits per heavy atom. The SMILES string of the molecule is CCCCNC(=O)c1ccc(CNC(=O)NCC2(c3ccc(F)cc3)CC2)cc1. The molecule has 1 saturated carbocycles. The highest BCUT2D eigenvalue weighted by Crippen LogP contribution is 2.47. The monoisotopic (exact) mass is 397 g/mol. The van der Waals surface area contributed by atoms with Gasteiger partial charge in [0.1, 0.15) is 5.82 Å². The second-order valence-electron chi connectivity index (χ2n) is 7.63. The number of carbonyl (C=O) groups excluding carboxylic acids is 2. The van der Waals surface area contributed by atoms with Crippen molar-refractivity contribution in [1.82, 2.24) is 16.0 Å². The molecule has 2 aromatic rings. The molecule has 6 heteroatoms. The standard InChI is InChI=1S/C23H28FN3O2/c1-2-3-14-25-21(28)18-6-4-17(5-7-18)15-26-22(29)27-16-23(12-13-23)19-8-10-20(24)11-9-19/h4-11H,2-3,12-16H2,1H3,(H,25,28)(H2,26,27,29). The molecule has 1 aliphatic rings. The summed E-state index contributed by atoms with van der Waals surface area (Å²) in [5.41, 5.74) is 2.53. The van der Waals surface area contributed by atoms with Crippen molar-refractivity contribution in [2.45, 2.75) is 44.6 Å². The molecular formula is C23H28FN3O2. The highest BCUT2D eigenvalue weighted by molar-refractivity contribution is 5.94. The topological polar surface area (TPSA) is 70.2 Å². The molecule has 0 radical (unpaired) electrons. The van der Waals surface area contributed by atoms with Crippen molar-refractivity contribution in [2.24, 2.45) is 0 Å². The maximum atomic E-state index is 13.1. The minimum absolute atomic E-state index is 0.0716. The molecule has 1 aliphatic carbocycles. The number of unbranched alkanes of at least 4 members (excludes halogenated alkanes) is 1. The largest absolute Gasteiger partial charge is 0.352 e. The van der Waals surface area contributed by atoms with Crippen molar-refractivity contribution in [3.05, 3.63) is 71.0 Å². The number of halogens is 1. The van der Waals surface area contributed by atoms with Crippen LogP contribution in [0.5, 0.6) is 0 Å². The van der Waals surface area contributed by atoms with Crippen molar-refractivity contribution >= 4 is 11.9 Å². The van der Waals surface area contributed by atoms with E-state index in [9.17, 15) is 14.0 Å². The fraction of sp³-hybridized carbons (Fsp3) is 0.391. The third-order valence-electron chi connectivity index (χ3n) is 5.38. The maximum Gasteiger partial charge on any atom is 0.315 e. The Morgan fingerprint density at radius 3 is 2.28 bits per heavy atom. The van der Waals surface area contributed by atoms with Gasteiger partial charge in [0.2, 0.25) is 0 Å². The molecule has 0 atom stereocenters. The summed E-state index contributed by atoms with van der Waals surface area (Å²) >= 11 is 0. The number of hydrogen-bond donors (Lipinski definition) is 3. The minimum atomic E-state index is -0.250. The third kappa shape index (κ3) is 5.79. The predicted molar refractivity (Wildman–Crippen MR) is 111 cm³/mol. The number of rotatable bonds is 9. The lowest BCUT2D eigenvalue weighted by Gasteiger charge is -2.17. The zero-order valence-corrected chi connectivity index (χ0v) is 16.8. The summed E-state index contributed by atoms with van der Waals surface area (Å²) in [4.78, 5) is 24.2. The van der Waals surface area contributed by atoms with Crippen molar-refractivity contribution in [1.29, 1.82) is 0 Å². The average molecular weight is 397 g/mol. The molecule has 29 heavy (non-hydrogen) atoms. The van der Waals surface area contributed by atoms with Gasteiger partial charge in [-0.15, -0.1) is 0 Å². The van der Waals surface area contributed by atoms with Gasteiger partial charge in [0, 0.05) is 30.6 Å². The van der Waals surface area contributed by atoms with E-state index in [4.69, 9.17) is 0 Å². The van der Waals surface area contributed by atoms with Crippen LogP contribution in [0.1, 0.15) is 54.1 Å². The Labute approximate surface area is 171 Å². The first-order valence-corrected chi connectivity index (χ1v) is 10.2. The van der Waals surface area contributed by atoms with Gasteiger partial charge in [-0.1, -0.05) is 37.6 Å². The summed E-state index contributed by atoms with van der Waals surface area (Å²) < 4.78 is 13.1. The number of nitrogens with one attached hydrogen (secondary N) is 3. The van der Waals surface area contributed by atoms with Crippen LogP contribution in [0.25, 0.3) is 0 Å². The zero-order valence-electron chi connectivity index (χ0n) is 16.8. The Morgan fingerprint density at radius 1 is 0.966 bits per heavy atom. The Hall–Kier alpha value is -2.89. The summed E-state index contributed by atoms with van der Waals surface area (Å²) in [7, 11) is 0. The third-order valence-corrected chi connectivity index (χ3v) is 5.38. The predicted octanol–water partition coefficient (Wildman–Crippen LogP) is 3.89. The minimum Gasteiger partial charge on any atom is -0.352 e. The van der Waals surface area contributed by atoms with Gasteiger partial charge < -0.3 is 16.0 Å². The number of carbonyl (C=O) groups is 2. The molecule has 3 amide bonds. The molecule has 0 bridgehead atoms. The molecule has 0 unspecified atom stereocenters. The molecule has 1 fully saturated rings. The number of hydrogen-bond acceptors (Lipinski definition) is 2. The van der Waals surface area contributed by atoms with Crippen LogP contribution in [0.4, 0.5) is 9.18 Å². The smallest absolute Gasteiger partial charge is 0.315 e. The highest BCUT2D eigenvalue weighted by Gasteiger charge is 2.44. The van der Waals surface area contributed by atoms with Gasteiger partial charge in [0.15, 0.2) is 0 Å². The average Bonchev–Trinajstić information content (AvgIpc) is 3.53. The van der Waals surface area contributed by atoms with Gasteiger partial charge in [0.05, 0.1) is 0 Å². The van der Waals surface area contributed by atoms with Gasteiger partial charge in [-0.05, 0) is 54.7 Å². The summed E-state index contributed by atoms with van der Waals surface area (Å²) in [5.74, 6) is -0.328. The first-order chi connectivity index (χ1) is 14.0. The molecule has 0 aromatic heterocycles. The second kappa shape index (κ2) is 9.54. The van der Waals surface area contributed by atoms with Crippen molar-refractivity contribution in [2.75, 3.05) is 13.1 Å².